The van der Waals surface area contributed by atoms with Crippen molar-refractivity contribution in [1.82, 2.24) is 9.80 Å². The van der Waals surface area contributed by atoms with Crippen molar-refractivity contribution in [3.05, 3.63) is 92.9 Å². The summed E-state index contributed by atoms with van der Waals surface area (Å²) >= 11 is 1.74. The average molecular weight is 451 g/mol. The number of carbonyl (C=O) groups excluding carboxylic acids is 2. The number of hydrogen-bond acceptors (Lipinski definition) is 3. The average Bonchev–Trinajstić information content (AvgIpc) is 3.27. The maximum Gasteiger partial charge on any atom is 0.242 e. The van der Waals surface area contributed by atoms with Crippen LogP contribution >= 0.6 is 11.3 Å². The molecule has 2 aromatic carbocycles. The zero-order chi connectivity index (χ0) is 22.7. The summed E-state index contributed by atoms with van der Waals surface area (Å²) in [6.07, 6.45) is 0.980. The molecule has 1 aliphatic heterocycles. The summed E-state index contributed by atoms with van der Waals surface area (Å²) in [5.74, 6) is -0.513. The van der Waals surface area contributed by atoms with Gasteiger partial charge in [0.25, 0.3) is 0 Å². The highest BCUT2D eigenvalue weighted by atomic mass is 32.1. The maximum atomic E-state index is 13.5. The van der Waals surface area contributed by atoms with E-state index in [1.165, 1.54) is 22.6 Å². The molecule has 0 bridgehead atoms. The molecule has 6 heteroatoms. The Morgan fingerprint density at radius 2 is 1.84 bits per heavy atom. The first-order valence-electron chi connectivity index (χ1n) is 10.9. The lowest BCUT2D eigenvalue weighted by molar-refractivity contribution is -0.141. The Morgan fingerprint density at radius 3 is 2.56 bits per heavy atom. The molecule has 3 aromatic rings. The summed E-state index contributed by atoms with van der Waals surface area (Å²) in [5, 5.41) is 2.09. The van der Waals surface area contributed by atoms with E-state index in [4.69, 9.17) is 0 Å². The van der Waals surface area contributed by atoms with Crippen LogP contribution in [-0.4, -0.2) is 41.2 Å². The molecule has 1 aliphatic rings. The number of nitrogens with zero attached hydrogens (tertiary/aromatic N) is 2. The fourth-order valence-corrected chi connectivity index (χ4v) is 5.24. The molecule has 32 heavy (non-hydrogen) atoms. The van der Waals surface area contributed by atoms with E-state index < -0.39 is 0 Å². The van der Waals surface area contributed by atoms with Gasteiger partial charge in [0, 0.05) is 18.0 Å². The molecule has 1 unspecified atom stereocenters. The molecule has 166 valence electrons. The van der Waals surface area contributed by atoms with Crippen molar-refractivity contribution in [1.29, 1.82) is 0 Å². The van der Waals surface area contributed by atoms with Gasteiger partial charge in [-0.25, -0.2) is 4.39 Å². The Morgan fingerprint density at radius 1 is 1.09 bits per heavy atom. The van der Waals surface area contributed by atoms with E-state index in [1.807, 2.05) is 24.0 Å². The van der Waals surface area contributed by atoms with Crippen LogP contribution in [0.3, 0.4) is 0 Å². The number of rotatable bonds is 6. The number of fused-ring (bicyclic) bond motifs is 1. The van der Waals surface area contributed by atoms with E-state index in [0.29, 0.717) is 13.1 Å². The predicted octanol–water partition coefficient (Wildman–Crippen LogP) is 4.76. The topological polar surface area (TPSA) is 40.6 Å². The third kappa shape index (κ3) is 4.60. The molecule has 1 aromatic heterocycles. The second-order valence-corrected chi connectivity index (χ2v) is 9.11. The second kappa shape index (κ2) is 9.65. The number of likely N-dealkylation sites (N-methyl/N-ethyl adjacent to an activating group) is 1. The zero-order valence-corrected chi connectivity index (χ0v) is 19.2. The molecule has 0 saturated heterocycles. The van der Waals surface area contributed by atoms with Crippen LogP contribution in [0.1, 0.15) is 40.1 Å². The van der Waals surface area contributed by atoms with Gasteiger partial charge < -0.3 is 9.80 Å². The van der Waals surface area contributed by atoms with Gasteiger partial charge in [0.15, 0.2) is 0 Å². The van der Waals surface area contributed by atoms with Crippen LogP contribution in [0.15, 0.2) is 60.0 Å². The fraction of sp³-hybridized carbons (Fsp3) is 0.308. The van der Waals surface area contributed by atoms with E-state index in [-0.39, 0.29) is 36.6 Å². The molecular formula is C26H27FN2O2S. The van der Waals surface area contributed by atoms with Crippen LogP contribution in [-0.2, 0) is 22.4 Å². The molecule has 4 rings (SSSR count). The molecule has 2 amide bonds. The van der Waals surface area contributed by atoms with E-state index in [0.717, 1.165) is 23.1 Å². The second-order valence-electron chi connectivity index (χ2n) is 8.11. The summed E-state index contributed by atoms with van der Waals surface area (Å²) in [6, 6.07) is 16.1. The zero-order valence-electron chi connectivity index (χ0n) is 18.4. The number of halogens is 1. The van der Waals surface area contributed by atoms with Crippen LogP contribution in [0.5, 0.6) is 0 Å². The normalized spacial score (nSPS) is 15.3. The van der Waals surface area contributed by atoms with Crippen LogP contribution < -0.4 is 0 Å². The SMILES string of the molecule is CCN(CC(=O)N1CCc2sccc2C1c1ccccc1C)C(=O)Cc1ccc(F)cc1. The van der Waals surface area contributed by atoms with Crippen LogP contribution in [0, 0.1) is 12.7 Å². The van der Waals surface area contributed by atoms with Crippen molar-refractivity contribution in [2.75, 3.05) is 19.6 Å². The Bertz CT molecular complexity index is 1110. The van der Waals surface area contributed by atoms with E-state index in [1.54, 1.807) is 28.4 Å². The summed E-state index contributed by atoms with van der Waals surface area (Å²) in [7, 11) is 0. The lowest BCUT2D eigenvalue weighted by Gasteiger charge is -2.38. The van der Waals surface area contributed by atoms with Gasteiger partial charge in [-0.3, -0.25) is 9.59 Å². The third-order valence-electron chi connectivity index (χ3n) is 6.10. The Kier molecular flexibility index (Phi) is 6.70. The van der Waals surface area contributed by atoms with Gasteiger partial charge in [0.2, 0.25) is 11.8 Å². The smallest absolute Gasteiger partial charge is 0.242 e. The van der Waals surface area contributed by atoms with Crippen molar-refractivity contribution in [3.63, 3.8) is 0 Å². The summed E-state index contributed by atoms with van der Waals surface area (Å²) in [5.41, 5.74) is 4.19. The molecule has 4 nitrogen and oxygen atoms in total. The minimum Gasteiger partial charge on any atom is -0.333 e. The van der Waals surface area contributed by atoms with Crippen molar-refractivity contribution >= 4 is 23.2 Å². The molecule has 2 heterocycles. The van der Waals surface area contributed by atoms with Gasteiger partial charge >= 0.3 is 0 Å². The lowest BCUT2D eigenvalue weighted by atomic mass is 9.90. The Balaban J connectivity index is 1.54. The van der Waals surface area contributed by atoms with Gasteiger partial charge in [0.05, 0.1) is 19.0 Å². The third-order valence-corrected chi connectivity index (χ3v) is 7.09. The van der Waals surface area contributed by atoms with Crippen molar-refractivity contribution in [2.24, 2.45) is 0 Å². The number of amides is 2. The molecule has 0 aliphatic carbocycles. The summed E-state index contributed by atoms with van der Waals surface area (Å²) in [6.45, 7) is 5.07. The highest BCUT2D eigenvalue weighted by Gasteiger charge is 2.34. The van der Waals surface area contributed by atoms with Crippen LogP contribution in [0.2, 0.25) is 0 Å². The monoisotopic (exact) mass is 450 g/mol. The molecule has 1 atom stereocenters. The van der Waals surface area contributed by atoms with Gasteiger partial charge in [-0.05, 0) is 66.1 Å². The Labute approximate surface area is 192 Å². The first-order valence-corrected chi connectivity index (χ1v) is 11.8. The van der Waals surface area contributed by atoms with Crippen LogP contribution in [0.25, 0.3) is 0 Å². The minimum atomic E-state index is -0.330. The standard InChI is InChI=1S/C26H27FN2O2S/c1-3-28(24(30)16-19-8-10-20(27)11-9-19)17-25(31)29-14-12-23-22(13-15-32-23)26(29)21-7-5-4-6-18(21)2/h4-11,13,15,26H,3,12,14,16-17H2,1-2H3. The summed E-state index contributed by atoms with van der Waals surface area (Å²) in [4.78, 5) is 31.2. The van der Waals surface area contributed by atoms with E-state index in [2.05, 4.69) is 30.5 Å². The van der Waals surface area contributed by atoms with Crippen molar-refractivity contribution in [2.45, 2.75) is 32.7 Å². The van der Waals surface area contributed by atoms with E-state index in [9.17, 15) is 14.0 Å². The Hall–Kier alpha value is -2.99. The highest BCUT2D eigenvalue weighted by Crippen LogP contribution is 2.39. The van der Waals surface area contributed by atoms with Gasteiger partial charge in [0.1, 0.15) is 5.82 Å². The number of thiophene rings is 1. The van der Waals surface area contributed by atoms with E-state index >= 15 is 0 Å². The minimum absolute atomic E-state index is 0.0401. The first-order chi connectivity index (χ1) is 15.5. The van der Waals surface area contributed by atoms with Gasteiger partial charge in [-0.15, -0.1) is 11.3 Å². The van der Waals surface area contributed by atoms with Gasteiger partial charge in [-0.1, -0.05) is 36.4 Å². The summed E-state index contributed by atoms with van der Waals surface area (Å²) < 4.78 is 13.2. The lowest BCUT2D eigenvalue weighted by Crippen LogP contribution is -2.47. The number of hydrogen-bond donors (Lipinski definition) is 0. The molecular weight excluding hydrogens is 423 g/mol. The van der Waals surface area contributed by atoms with Crippen molar-refractivity contribution in [3.8, 4) is 0 Å². The first kappa shape index (κ1) is 22.2. The molecule has 0 radical (unpaired) electrons. The van der Waals surface area contributed by atoms with Crippen molar-refractivity contribution < 1.29 is 14.0 Å². The molecule has 0 saturated carbocycles. The number of aryl methyl sites for hydroxylation is 1. The number of benzene rings is 2. The fourth-order valence-electron chi connectivity index (χ4n) is 4.33. The number of carbonyl (C=O) groups is 2. The largest absolute Gasteiger partial charge is 0.333 e. The maximum absolute atomic E-state index is 13.5. The van der Waals surface area contributed by atoms with Gasteiger partial charge in [-0.2, -0.15) is 0 Å². The highest BCUT2D eigenvalue weighted by molar-refractivity contribution is 7.10. The quantitative estimate of drug-likeness (QED) is 0.543. The molecule has 0 fully saturated rings. The molecule has 0 N–H and O–H groups in total. The van der Waals surface area contributed by atoms with Crippen LogP contribution in [0.4, 0.5) is 4.39 Å². The molecule has 0 spiro atoms. The predicted molar refractivity (Wildman–Crippen MR) is 125 cm³/mol.